The molecule has 1 aliphatic heterocycles. The van der Waals surface area contributed by atoms with Gasteiger partial charge in [-0.3, -0.25) is 0 Å². The Morgan fingerprint density at radius 2 is 1.90 bits per heavy atom. The van der Waals surface area contributed by atoms with Crippen molar-refractivity contribution in [3.63, 3.8) is 0 Å². The Morgan fingerprint density at radius 3 is 2.60 bits per heavy atom. The summed E-state index contributed by atoms with van der Waals surface area (Å²) in [5.41, 5.74) is 2.41. The van der Waals surface area contributed by atoms with Gasteiger partial charge < -0.3 is 9.64 Å². The molecule has 1 fully saturated rings. The van der Waals surface area contributed by atoms with Gasteiger partial charge in [-0.15, -0.1) is 11.3 Å². The van der Waals surface area contributed by atoms with Gasteiger partial charge in [0.25, 0.3) is 0 Å². The molecule has 1 aliphatic rings. The highest BCUT2D eigenvalue weighted by atomic mass is 32.1. The lowest BCUT2D eigenvalue weighted by Gasteiger charge is -2.31. The Hall–Kier alpha value is -1.23. The van der Waals surface area contributed by atoms with Gasteiger partial charge in [0.15, 0.2) is 0 Å². The lowest BCUT2D eigenvalue weighted by Crippen LogP contribution is -3.14. The van der Waals surface area contributed by atoms with Crippen molar-refractivity contribution < 1.29 is 9.64 Å². The molecule has 1 aromatic heterocycles. The molecular formula is C16H21N2OS+. The molecule has 20 heavy (non-hydrogen) atoms. The van der Waals surface area contributed by atoms with E-state index in [1.165, 1.54) is 11.3 Å². The molecule has 0 amide bonds. The van der Waals surface area contributed by atoms with Crippen molar-refractivity contribution in [3.8, 4) is 10.6 Å². The summed E-state index contributed by atoms with van der Waals surface area (Å²) >= 11 is 1.74. The summed E-state index contributed by atoms with van der Waals surface area (Å²) in [6.45, 7) is 7.46. The normalized spacial score (nSPS) is 26.6. The van der Waals surface area contributed by atoms with Crippen LogP contribution in [-0.4, -0.2) is 30.3 Å². The topological polar surface area (TPSA) is 26.6 Å². The molecule has 1 N–H and O–H groups in total. The molecule has 1 aromatic carbocycles. The minimum Gasteiger partial charge on any atom is -0.364 e. The highest BCUT2D eigenvalue weighted by Crippen LogP contribution is 2.22. The van der Waals surface area contributed by atoms with E-state index in [9.17, 15) is 0 Å². The number of hydrogen-bond donors (Lipinski definition) is 1. The minimum absolute atomic E-state index is 0.348. The number of benzene rings is 1. The molecule has 0 spiro atoms. The second-order valence-electron chi connectivity index (χ2n) is 5.60. The van der Waals surface area contributed by atoms with E-state index in [-0.39, 0.29) is 0 Å². The van der Waals surface area contributed by atoms with Crippen LogP contribution in [0.4, 0.5) is 0 Å². The largest absolute Gasteiger partial charge is 0.364 e. The third kappa shape index (κ3) is 3.26. The number of quaternary nitrogens is 1. The van der Waals surface area contributed by atoms with Crippen LogP contribution in [-0.2, 0) is 11.3 Å². The number of thiazole rings is 1. The summed E-state index contributed by atoms with van der Waals surface area (Å²) in [5, 5.41) is 3.31. The van der Waals surface area contributed by atoms with Crippen molar-refractivity contribution in [2.24, 2.45) is 0 Å². The number of nitrogens with zero attached hydrogens (tertiary/aromatic N) is 1. The van der Waals surface area contributed by atoms with Crippen LogP contribution in [0.1, 0.15) is 19.5 Å². The van der Waals surface area contributed by atoms with Gasteiger partial charge in [0, 0.05) is 10.9 Å². The third-order valence-corrected chi connectivity index (χ3v) is 4.56. The monoisotopic (exact) mass is 289 g/mol. The standard InChI is InChI=1S/C16H20N2OS/c1-12-8-18(9-13(2)19-12)10-15-11-20-16(17-15)14-6-4-3-5-7-14/h3-7,11-13H,8-10H2,1-2H3/p+1/t12-,13-/m0/s1. The summed E-state index contributed by atoms with van der Waals surface area (Å²) in [5.74, 6) is 0. The van der Waals surface area contributed by atoms with Gasteiger partial charge in [-0.25, -0.2) is 4.98 Å². The van der Waals surface area contributed by atoms with Gasteiger partial charge in [-0.2, -0.15) is 0 Å². The smallest absolute Gasteiger partial charge is 0.123 e. The van der Waals surface area contributed by atoms with Crippen LogP contribution in [0.25, 0.3) is 10.6 Å². The Morgan fingerprint density at radius 1 is 1.20 bits per heavy atom. The van der Waals surface area contributed by atoms with Crippen molar-refractivity contribution in [1.29, 1.82) is 0 Å². The number of morpholine rings is 1. The van der Waals surface area contributed by atoms with Gasteiger partial charge in [-0.1, -0.05) is 30.3 Å². The summed E-state index contributed by atoms with van der Waals surface area (Å²) in [6.07, 6.45) is 0.696. The average molecular weight is 289 g/mol. The van der Waals surface area contributed by atoms with E-state index in [0.29, 0.717) is 12.2 Å². The van der Waals surface area contributed by atoms with Crippen LogP contribution in [0.2, 0.25) is 0 Å². The maximum Gasteiger partial charge on any atom is 0.123 e. The second kappa shape index (κ2) is 6.04. The maximum absolute atomic E-state index is 5.79. The first-order chi connectivity index (χ1) is 9.70. The van der Waals surface area contributed by atoms with Gasteiger partial charge in [0.05, 0.1) is 0 Å². The zero-order valence-corrected chi connectivity index (χ0v) is 12.8. The van der Waals surface area contributed by atoms with Gasteiger partial charge in [-0.05, 0) is 13.8 Å². The van der Waals surface area contributed by atoms with E-state index in [1.54, 1.807) is 16.2 Å². The lowest BCUT2D eigenvalue weighted by molar-refractivity contribution is -0.928. The Bertz CT molecular complexity index is 545. The molecule has 1 saturated heterocycles. The number of nitrogens with one attached hydrogen (secondary N) is 1. The van der Waals surface area contributed by atoms with Crippen LogP contribution < -0.4 is 4.90 Å². The molecule has 0 radical (unpaired) electrons. The third-order valence-electron chi connectivity index (χ3n) is 3.62. The number of hydrogen-bond acceptors (Lipinski definition) is 3. The molecule has 4 heteroatoms. The lowest BCUT2D eigenvalue weighted by atomic mass is 10.2. The average Bonchev–Trinajstić information content (AvgIpc) is 2.87. The van der Waals surface area contributed by atoms with E-state index >= 15 is 0 Å². The quantitative estimate of drug-likeness (QED) is 0.935. The molecule has 0 saturated carbocycles. The first-order valence-corrected chi connectivity index (χ1v) is 8.07. The summed E-state index contributed by atoms with van der Waals surface area (Å²) in [7, 11) is 0. The van der Waals surface area contributed by atoms with E-state index in [4.69, 9.17) is 9.72 Å². The number of ether oxygens (including phenoxy) is 1. The maximum atomic E-state index is 5.79. The number of aromatic nitrogens is 1. The molecular weight excluding hydrogens is 268 g/mol. The molecule has 0 aliphatic carbocycles. The van der Waals surface area contributed by atoms with Gasteiger partial charge in [0.1, 0.15) is 42.5 Å². The predicted octanol–water partition coefficient (Wildman–Crippen LogP) is 2.00. The van der Waals surface area contributed by atoms with Crippen LogP contribution in [0.15, 0.2) is 35.7 Å². The van der Waals surface area contributed by atoms with Crippen LogP contribution in [0.5, 0.6) is 0 Å². The first-order valence-electron chi connectivity index (χ1n) is 7.19. The Balaban J connectivity index is 1.68. The van der Waals surface area contributed by atoms with Crippen molar-refractivity contribution >= 4 is 11.3 Å². The van der Waals surface area contributed by atoms with Crippen molar-refractivity contribution in [1.82, 2.24) is 4.98 Å². The van der Waals surface area contributed by atoms with E-state index in [0.717, 1.165) is 24.6 Å². The SMILES string of the molecule is C[C@H]1C[NH+](Cc2csc(-c3ccccc3)n2)C[C@H](C)O1. The fourth-order valence-corrected chi connectivity index (χ4v) is 3.72. The molecule has 2 aromatic rings. The molecule has 3 nitrogen and oxygen atoms in total. The summed E-state index contributed by atoms with van der Waals surface area (Å²) in [4.78, 5) is 6.35. The van der Waals surface area contributed by atoms with Crippen molar-refractivity contribution in [2.75, 3.05) is 13.1 Å². The first kappa shape index (κ1) is 13.7. The van der Waals surface area contributed by atoms with Crippen molar-refractivity contribution in [2.45, 2.75) is 32.6 Å². The Kier molecular flexibility index (Phi) is 4.15. The van der Waals surface area contributed by atoms with Crippen LogP contribution in [0, 0.1) is 0 Å². The molecule has 3 rings (SSSR count). The van der Waals surface area contributed by atoms with Crippen molar-refractivity contribution in [3.05, 3.63) is 41.4 Å². The predicted molar refractivity (Wildman–Crippen MR) is 82.0 cm³/mol. The van der Waals surface area contributed by atoms with Gasteiger partial charge in [0.2, 0.25) is 0 Å². The van der Waals surface area contributed by atoms with E-state index < -0.39 is 0 Å². The van der Waals surface area contributed by atoms with E-state index in [2.05, 4.69) is 43.5 Å². The zero-order valence-electron chi connectivity index (χ0n) is 12.0. The van der Waals surface area contributed by atoms with E-state index in [1.807, 2.05) is 6.07 Å². The highest BCUT2D eigenvalue weighted by Gasteiger charge is 2.26. The van der Waals surface area contributed by atoms with Crippen LogP contribution >= 0.6 is 11.3 Å². The zero-order chi connectivity index (χ0) is 13.9. The van der Waals surface area contributed by atoms with Crippen LogP contribution in [0.3, 0.4) is 0 Å². The summed E-state index contributed by atoms with van der Waals surface area (Å²) in [6, 6.07) is 10.4. The molecule has 2 heterocycles. The molecule has 0 bridgehead atoms. The second-order valence-corrected chi connectivity index (χ2v) is 6.46. The Labute approximate surface area is 124 Å². The van der Waals surface area contributed by atoms with Gasteiger partial charge >= 0.3 is 0 Å². The minimum atomic E-state index is 0.348. The fourth-order valence-electron chi connectivity index (χ4n) is 2.89. The molecule has 2 atom stereocenters. The molecule has 106 valence electrons. The highest BCUT2D eigenvalue weighted by molar-refractivity contribution is 7.13. The molecule has 0 unspecified atom stereocenters. The fraction of sp³-hybridized carbons (Fsp3) is 0.438. The number of rotatable bonds is 3. The summed E-state index contributed by atoms with van der Waals surface area (Å²) < 4.78 is 5.79.